The number of likely N-dealkylation sites (N-methyl/N-ethyl adjacent to an activating group) is 1. The van der Waals surface area contributed by atoms with E-state index in [9.17, 15) is 14.7 Å². The Kier molecular flexibility index (Phi) is 5.96. The maximum absolute atomic E-state index is 13.3. The average Bonchev–Trinajstić information content (AvgIpc) is 3.25. The van der Waals surface area contributed by atoms with Gasteiger partial charge in [-0.1, -0.05) is 30.2 Å². The van der Waals surface area contributed by atoms with Crippen LogP contribution in [0.25, 0.3) is 0 Å². The molecule has 38 heavy (non-hydrogen) atoms. The molecule has 2 fully saturated rings. The predicted molar refractivity (Wildman–Crippen MR) is 142 cm³/mol. The van der Waals surface area contributed by atoms with Crippen molar-refractivity contribution in [3.63, 3.8) is 0 Å². The third-order valence-corrected chi connectivity index (χ3v) is 9.01. The van der Waals surface area contributed by atoms with E-state index in [1.165, 1.54) is 13.0 Å². The van der Waals surface area contributed by atoms with Gasteiger partial charge < -0.3 is 19.5 Å². The van der Waals surface area contributed by atoms with Crippen LogP contribution >= 0.6 is 0 Å². The number of hydrogen-bond acceptors (Lipinski definition) is 6. The van der Waals surface area contributed by atoms with E-state index in [0.29, 0.717) is 17.9 Å². The van der Waals surface area contributed by atoms with E-state index in [0.717, 1.165) is 49.0 Å². The number of amides is 1. The summed E-state index contributed by atoms with van der Waals surface area (Å²) in [4.78, 5) is 29.4. The molecule has 2 heterocycles. The molecule has 2 aliphatic heterocycles. The SMILES string of the molecule is C=CCN1CC[C@]23c4c5c(OC(C)=O)cc(O)c4O[C@H]2[C@H](N(C)C(=O)C#Cc2ccccc2)CC[C@H]3[C@H]1C5. The number of carbonyl (C=O) groups excluding carboxylic acids is 2. The number of hydrogen-bond donors (Lipinski definition) is 1. The molecule has 0 radical (unpaired) electrons. The lowest BCUT2D eigenvalue weighted by Crippen LogP contribution is -2.68. The third-order valence-electron chi connectivity index (χ3n) is 9.01. The monoisotopic (exact) mass is 512 g/mol. The Morgan fingerprint density at radius 2 is 2.11 bits per heavy atom. The van der Waals surface area contributed by atoms with Crippen molar-refractivity contribution in [3.8, 4) is 29.1 Å². The van der Waals surface area contributed by atoms with Gasteiger partial charge in [-0.25, -0.2) is 0 Å². The first-order valence-corrected chi connectivity index (χ1v) is 13.3. The molecule has 2 aromatic carbocycles. The van der Waals surface area contributed by atoms with Gasteiger partial charge in [0.2, 0.25) is 0 Å². The molecule has 1 N–H and O–H groups in total. The summed E-state index contributed by atoms with van der Waals surface area (Å²) in [6.45, 7) is 6.99. The maximum atomic E-state index is 13.3. The van der Waals surface area contributed by atoms with Crippen LogP contribution in [-0.4, -0.2) is 65.1 Å². The molecule has 5 atom stereocenters. The van der Waals surface area contributed by atoms with Gasteiger partial charge in [-0.05, 0) is 50.3 Å². The molecule has 0 unspecified atom stereocenters. The van der Waals surface area contributed by atoms with Crippen molar-refractivity contribution in [1.82, 2.24) is 9.80 Å². The van der Waals surface area contributed by atoms with Gasteiger partial charge in [0, 0.05) is 60.7 Å². The first-order chi connectivity index (χ1) is 18.3. The molecule has 1 saturated carbocycles. The molecule has 7 nitrogen and oxygen atoms in total. The number of nitrogens with zero attached hydrogens (tertiary/aromatic N) is 2. The highest BCUT2D eigenvalue weighted by Gasteiger charge is 2.67. The second-order valence-electron chi connectivity index (χ2n) is 10.8. The fourth-order valence-electron chi connectivity index (χ4n) is 7.57. The Bertz CT molecular complexity index is 1380. The van der Waals surface area contributed by atoms with Gasteiger partial charge >= 0.3 is 5.97 Å². The smallest absolute Gasteiger partial charge is 0.308 e. The maximum Gasteiger partial charge on any atom is 0.308 e. The van der Waals surface area contributed by atoms with Crippen molar-refractivity contribution in [3.05, 3.63) is 65.7 Å². The second-order valence-corrected chi connectivity index (χ2v) is 10.8. The largest absolute Gasteiger partial charge is 0.504 e. The molecule has 196 valence electrons. The van der Waals surface area contributed by atoms with E-state index >= 15 is 0 Å². The van der Waals surface area contributed by atoms with Gasteiger partial charge in [-0.2, -0.15) is 0 Å². The van der Waals surface area contributed by atoms with Crippen LogP contribution in [0, 0.1) is 17.8 Å². The van der Waals surface area contributed by atoms with Gasteiger partial charge in [0.15, 0.2) is 11.5 Å². The van der Waals surface area contributed by atoms with Crippen molar-refractivity contribution in [1.29, 1.82) is 0 Å². The first kappa shape index (κ1) is 24.6. The van der Waals surface area contributed by atoms with Crippen LogP contribution < -0.4 is 9.47 Å². The summed E-state index contributed by atoms with van der Waals surface area (Å²) in [6, 6.07) is 11.0. The predicted octanol–water partition coefficient (Wildman–Crippen LogP) is 3.42. The van der Waals surface area contributed by atoms with Crippen molar-refractivity contribution < 1.29 is 24.2 Å². The van der Waals surface area contributed by atoms with Crippen LogP contribution in [0.15, 0.2) is 49.1 Å². The molecule has 0 aromatic heterocycles. The first-order valence-electron chi connectivity index (χ1n) is 13.3. The number of rotatable bonds is 4. The molecule has 2 aliphatic carbocycles. The summed E-state index contributed by atoms with van der Waals surface area (Å²) in [6.07, 6.45) is 4.85. The van der Waals surface area contributed by atoms with Gasteiger partial charge in [-0.15, -0.1) is 6.58 Å². The third kappa shape index (κ3) is 3.62. The molecular formula is C31H32N2O5. The number of likely N-dealkylation sites (tertiary alicyclic amines) is 1. The van der Waals surface area contributed by atoms with Crippen molar-refractivity contribution in [2.75, 3.05) is 20.1 Å². The Balaban J connectivity index is 1.42. The fraction of sp³-hybridized carbons (Fsp3) is 0.419. The van der Waals surface area contributed by atoms with Crippen molar-refractivity contribution >= 4 is 11.9 Å². The second kappa shape index (κ2) is 9.21. The fourth-order valence-corrected chi connectivity index (χ4v) is 7.57. The lowest BCUT2D eigenvalue weighted by atomic mass is 9.51. The van der Waals surface area contributed by atoms with E-state index < -0.39 is 5.97 Å². The zero-order valence-electron chi connectivity index (χ0n) is 21.8. The van der Waals surface area contributed by atoms with Crippen molar-refractivity contribution in [2.45, 2.75) is 56.2 Å². The summed E-state index contributed by atoms with van der Waals surface area (Å²) in [7, 11) is 1.80. The molecule has 2 bridgehead atoms. The Labute approximate surface area is 223 Å². The molecule has 1 amide bonds. The highest BCUT2D eigenvalue weighted by Crippen LogP contribution is 2.65. The number of aromatic hydroxyl groups is 1. The van der Waals surface area contributed by atoms with Crippen LogP contribution in [-0.2, 0) is 21.4 Å². The number of phenolic OH excluding ortho intramolecular Hbond substituents is 1. The summed E-state index contributed by atoms with van der Waals surface area (Å²) in [5.41, 5.74) is 2.31. The number of esters is 1. The van der Waals surface area contributed by atoms with Gasteiger partial charge in [0.25, 0.3) is 5.91 Å². The molecule has 2 aromatic rings. The normalized spacial score (nSPS) is 28.3. The molecule has 7 heteroatoms. The number of carbonyl (C=O) groups is 2. The Morgan fingerprint density at radius 1 is 1.32 bits per heavy atom. The minimum atomic E-state index is -0.423. The molecule has 1 spiro atoms. The summed E-state index contributed by atoms with van der Waals surface area (Å²) < 4.78 is 12.3. The van der Waals surface area contributed by atoms with E-state index in [2.05, 4.69) is 23.3 Å². The Hall–Kier alpha value is -3.76. The summed E-state index contributed by atoms with van der Waals surface area (Å²) >= 11 is 0. The molecule has 1 saturated heterocycles. The van der Waals surface area contributed by atoms with Crippen LogP contribution in [0.3, 0.4) is 0 Å². The van der Waals surface area contributed by atoms with Crippen LogP contribution in [0.4, 0.5) is 0 Å². The van der Waals surface area contributed by atoms with Crippen LogP contribution in [0.5, 0.6) is 17.2 Å². The summed E-state index contributed by atoms with van der Waals surface area (Å²) in [5.74, 6) is 6.26. The Morgan fingerprint density at radius 3 is 2.84 bits per heavy atom. The standard InChI is InChI=1S/C31H32N2O5/c1-4-15-33-16-14-31-22-11-12-23(32(3)27(36)13-10-20-8-6-5-7-9-20)30(31)38-29-25(35)18-26(37-19(2)34)21(28(29)31)17-24(22)33/h4-9,18,22-24,30,35H,1,11-12,14-17H2,2-3H3/t22-,23+,24+,30-,31-/m0/s1. The lowest BCUT2D eigenvalue weighted by Gasteiger charge is -2.60. The van der Waals surface area contributed by atoms with E-state index in [-0.39, 0.29) is 41.2 Å². The minimum Gasteiger partial charge on any atom is -0.504 e. The number of ether oxygens (including phenoxy) is 2. The van der Waals surface area contributed by atoms with Crippen LogP contribution in [0.2, 0.25) is 0 Å². The highest BCUT2D eigenvalue weighted by molar-refractivity contribution is 5.94. The molecule has 4 aliphatic rings. The zero-order valence-corrected chi connectivity index (χ0v) is 21.8. The molecular weight excluding hydrogens is 480 g/mol. The van der Waals surface area contributed by atoms with Gasteiger partial charge in [0.1, 0.15) is 11.9 Å². The summed E-state index contributed by atoms with van der Waals surface area (Å²) in [5, 5.41) is 11.0. The van der Waals surface area contributed by atoms with Crippen molar-refractivity contribution in [2.24, 2.45) is 5.92 Å². The molecule has 6 rings (SSSR count). The number of benzene rings is 2. The number of phenols is 1. The van der Waals surface area contributed by atoms with Crippen LogP contribution in [0.1, 0.15) is 42.9 Å². The lowest BCUT2D eigenvalue weighted by molar-refractivity contribution is -0.134. The van der Waals surface area contributed by atoms with E-state index in [4.69, 9.17) is 9.47 Å². The topological polar surface area (TPSA) is 79.3 Å². The highest BCUT2D eigenvalue weighted by atomic mass is 16.5. The van der Waals surface area contributed by atoms with Gasteiger partial charge in [0.05, 0.1) is 6.04 Å². The minimum absolute atomic E-state index is 0.0221. The quantitative estimate of drug-likeness (QED) is 0.293. The van der Waals surface area contributed by atoms with E-state index in [1.807, 2.05) is 36.4 Å². The zero-order chi connectivity index (χ0) is 26.6. The van der Waals surface area contributed by atoms with E-state index in [1.54, 1.807) is 11.9 Å². The number of piperidine rings is 1. The average molecular weight is 513 g/mol. The van der Waals surface area contributed by atoms with Gasteiger partial charge in [-0.3, -0.25) is 14.5 Å².